The van der Waals surface area contributed by atoms with Crippen LogP contribution in [0.5, 0.6) is 17.5 Å². The van der Waals surface area contributed by atoms with Gasteiger partial charge in [0.2, 0.25) is 0 Å². The highest BCUT2D eigenvalue weighted by atomic mass is 16.5. The molecule has 3 rings (SSSR count). The first-order chi connectivity index (χ1) is 12.5. The Labute approximate surface area is 151 Å². The van der Waals surface area contributed by atoms with E-state index in [1.807, 2.05) is 26.0 Å². The van der Waals surface area contributed by atoms with Crippen LogP contribution in [0, 0.1) is 13.8 Å². The van der Waals surface area contributed by atoms with E-state index in [-0.39, 0.29) is 5.91 Å². The van der Waals surface area contributed by atoms with Gasteiger partial charge < -0.3 is 14.8 Å². The molecule has 1 amide bonds. The molecular weight excluding hydrogens is 330 g/mol. The average molecular weight is 349 g/mol. The quantitative estimate of drug-likeness (QED) is 0.749. The Kier molecular flexibility index (Phi) is 5.12. The number of benzene rings is 2. The van der Waals surface area contributed by atoms with Crippen molar-refractivity contribution in [3.8, 4) is 17.5 Å². The number of hydrogen-bond acceptors (Lipinski definition) is 5. The van der Waals surface area contributed by atoms with Crippen molar-refractivity contribution in [3.05, 3.63) is 71.5 Å². The van der Waals surface area contributed by atoms with Gasteiger partial charge in [0, 0.05) is 17.1 Å². The number of hydrogen-bond donors (Lipinski definition) is 1. The zero-order valence-electron chi connectivity index (χ0n) is 14.8. The Morgan fingerprint density at radius 2 is 1.62 bits per heavy atom. The van der Waals surface area contributed by atoms with Crippen LogP contribution in [0.3, 0.4) is 0 Å². The highest BCUT2D eigenvalue weighted by Gasteiger charge is 2.11. The number of amides is 1. The lowest BCUT2D eigenvalue weighted by Gasteiger charge is -2.10. The summed E-state index contributed by atoms with van der Waals surface area (Å²) in [7, 11) is 1.54. The predicted molar refractivity (Wildman–Crippen MR) is 99.0 cm³/mol. The monoisotopic (exact) mass is 349 g/mol. The predicted octanol–water partition coefficient (Wildman–Crippen LogP) is 4.15. The summed E-state index contributed by atoms with van der Waals surface area (Å²) in [6.45, 7) is 3.77. The first-order valence-electron chi connectivity index (χ1n) is 8.10. The third-order valence-corrected chi connectivity index (χ3v) is 3.63. The molecule has 6 nitrogen and oxygen atoms in total. The SMILES string of the molecule is COc1ccccc1C(=O)Nc1ccc(Oc2nc(C)cc(C)n2)cc1. The Morgan fingerprint density at radius 1 is 0.962 bits per heavy atom. The zero-order valence-corrected chi connectivity index (χ0v) is 14.8. The molecule has 26 heavy (non-hydrogen) atoms. The van der Waals surface area contributed by atoms with E-state index in [9.17, 15) is 4.79 Å². The molecule has 0 aliphatic carbocycles. The Bertz CT molecular complexity index is 904. The number of rotatable bonds is 5. The van der Waals surface area contributed by atoms with Crippen molar-refractivity contribution in [2.75, 3.05) is 12.4 Å². The van der Waals surface area contributed by atoms with E-state index in [0.29, 0.717) is 28.8 Å². The van der Waals surface area contributed by atoms with Gasteiger partial charge in [-0.3, -0.25) is 4.79 Å². The van der Waals surface area contributed by atoms with E-state index in [0.717, 1.165) is 11.4 Å². The fourth-order valence-electron chi connectivity index (χ4n) is 2.48. The number of methoxy groups -OCH3 is 1. The molecular formula is C20H19N3O3. The summed E-state index contributed by atoms with van der Waals surface area (Å²) < 4.78 is 10.9. The second kappa shape index (κ2) is 7.65. The maximum absolute atomic E-state index is 12.4. The third-order valence-electron chi connectivity index (χ3n) is 3.63. The molecule has 132 valence electrons. The van der Waals surface area contributed by atoms with Crippen molar-refractivity contribution in [3.63, 3.8) is 0 Å². The van der Waals surface area contributed by atoms with Gasteiger partial charge in [-0.05, 0) is 56.3 Å². The molecule has 1 aromatic heterocycles. The van der Waals surface area contributed by atoms with Gasteiger partial charge in [0.25, 0.3) is 5.91 Å². The van der Waals surface area contributed by atoms with Crippen LogP contribution in [0.15, 0.2) is 54.6 Å². The van der Waals surface area contributed by atoms with Crippen molar-refractivity contribution in [1.29, 1.82) is 0 Å². The van der Waals surface area contributed by atoms with E-state index in [1.165, 1.54) is 7.11 Å². The standard InChI is InChI=1S/C20H19N3O3/c1-13-12-14(2)22-20(21-13)26-16-10-8-15(9-11-16)23-19(24)17-6-4-5-7-18(17)25-3/h4-12H,1-3H3,(H,23,24). The van der Waals surface area contributed by atoms with E-state index in [2.05, 4.69) is 15.3 Å². The highest BCUT2D eigenvalue weighted by molar-refractivity contribution is 6.06. The van der Waals surface area contributed by atoms with Gasteiger partial charge in [0.15, 0.2) is 0 Å². The molecule has 1 heterocycles. The van der Waals surface area contributed by atoms with Crippen molar-refractivity contribution in [2.45, 2.75) is 13.8 Å². The number of aryl methyl sites for hydroxylation is 2. The number of aromatic nitrogens is 2. The smallest absolute Gasteiger partial charge is 0.322 e. The summed E-state index contributed by atoms with van der Waals surface area (Å²) in [5, 5.41) is 2.84. The van der Waals surface area contributed by atoms with Gasteiger partial charge in [-0.1, -0.05) is 12.1 Å². The molecule has 6 heteroatoms. The van der Waals surface area contributed by atoms with Crippen LogP contribution in [0.25, 0.3) is 0 Å². The molecule has 0 saturated carbocycles. The molecule has 0 aliphatic rings. The normalized spacial score (nSPS) is 10.3. The summed E-state index contributed by atoms with van der Waals surface area (Å²) in [6, 6.07) is 16.2. The molecule has 3 aromatic rings. The molecule has 0 fully saturated rings. The Morgan fingerprint density at radius 3 is 2.27 bits per heavy atom. The van der Waals surface area contributed by atoms with Crippen molar-refractivity contribution >= 4 is 11.6 Å². The van der Waals surface area contributed by atoms with Gasteiger partial charge in [-0.15, -0.1) is 0 Å². The summed E-state index contributed by atoms with van der Waals surface area (Å²) in [4.78, 5) is 20.9. The second-order valence-electron chi connectivity index (χ2n) is 5.71. The number of para-hydroxylation sites is 1. The maximum atomic E-state index is 12.4. The molecule has 0 unspecified atom stereocenters. The largest absolute Gasteiger partial charge is 0.496 e. The van der Waals surface area contributed by atoms with Crippen LogP contribution in [-0.4, -0.2) is 23.0 Å². The van der Waals surface area contributed by atoms with Crippen LogP contribution < -0.4 is 14.8 Å². The molecule has 2 aromatic carbocycles. The van der Waals surface area contributed by atoms with Crippen molar-refractivity contribution in [1.82, 2.24) is 9.97 Å². The van der Waals surface area contributed by atoms with Gasteiger partial charge in [-0.2, -0.15) is 0 Å². The summed E-state index contributed by atoms with van der Waals surface area (Å²) in [5.41, 5.74) is 2.80. The Balaban J connectivity index is 1.70. The topological polar surface area (TPSA) is 73.3 Å². The lowest BCUT2D eigenvalue weighted by molar-refractivity contribution is 0.102. The number of ether oxygens (including phenoxy) is 2. The maximum Gasteiger partial charge on any atom is 0.322 e. The van der Waals surface area contributed by atoms with Crippen LogP contribution >= 0.6 is 0 Å². The van der Waals surface area contributed by atoms with Crippen LogP contribution in [0.2, 0.25) is 0 Å². The van der Waals surface area contributed by atoms with E-state index < -0.39 is 0 Å². The van der Waals surface area contributed by atoms with Crippen LogP contribution in [0.4, 0.5) is 5.69 Å². The molecule has 0 atom stereocenters. The highest BCUT2D eigenvalue weighted by Crippen LogP contribution is 2.23. The second-order valence-corrected chi connectivity index (χ2v) is 5.71. The number of anilines is 1. The van der Waals surface area contributed by atoms with Gasteiger partial charge in [0.05, 0.1) is 12.7 Å². The fourth-order valence-corrected chi connectivity index (χ4v) is 2.48. The molecule has 0 bridgehead atoms. The lowest BCUT2D eigenvalue weighted by Crippen LogP contribution is -2.13. The first-order valence-corrected chi connectivity index (χ1v) is 8.10. The summed E-state index contributed by atoms with van der Waals surface area (Å²) in [6.07, 6.45) is 0. The van der Waals surface area contributed by atoms with E-state index in [1.54, 1.807) is 42.5 Å². The lowest BCUT2D eigenvalue weighted by atomic mass is 10.2. The first kappa shape index (κ1) is 17.4. The van der Waals surface area contributed by atoms with Crippen LogP contribution in [-0.2, 0) is 0 Å². The molecule has 1 N–H and O–H groups in total. The number of nitrogens with zero attached hydrogens (tertiary/aromatic N) is 2. The minimum atomic E-state index is -0.242. The summed E-state index contributed by atoms with van der Waals surface area (Å²) in [5.74, 6) is 0.871. The molecule has 0 aliphatic heterocycles. The minimum absolute atomic E-state index is 0.242. The molecule has 0 spiro atoms. The third kappa shape index (κ3) is 4.16. The Hall–Kier alpha value is -3.41. The van der Waals surface area contributed by atoms with Crippen molar-refractivity contribution < 1.29 is 14.3 Å². The number of carbonyl (C=O) groups is 1. The molecule has 0 radical (unpaired) electrons. The average Bonchev–Trinajstić information content (AvgIpc) is 2.62. The van der Waals surface area contributed by atoms with Gasteiger partial charge >= 0.3 is 6.01 Å². The fraction of sp³-hybridized carbons (Fsp3) is 0.150. The zero-order chi connectivity index (χ0) is 18.5. The minimum Gasteiger partial charge on any atom is -0.496 e. The molecule has 0 saturated heterocycles. The number of carbonyl (C=O) groups excluding carboxylic acids is 1. The van der Waals surface area contributed by atoms with Gasteiger partial charge in [-0.25, -0.2) is 9.97 Å². The van der Waals surface area contributed by atoms with Gasteiger partial charge in [0.1, 0.15) is 11.5 Å². The number of nitrogens with one attached hydrogen (secondary N) is 1. The van der Waals surface area contributed by atoms with Crippen LogP contribution in [0.1, 0.15) is 21.7 Å². The van der Waals surface area contributed by atoms with E-state index in [4.69, 9.17) is 9.47 Å². The van der Waals surface area contributed by atoms with E-state index >= 15 is 0 Å². The van der Waals surface area contributed by atoms with Crippen molar-refractivity contribution in [2.24, 2.45) is 0 Å². The summed E-state index contributed by atoms with van der Waals surface area (Å²) >= 11 is 0.